The van der Waals surface area contributed by atoms with E-state index in [-0.39, 0.29) is 23.3 Å². The second-order valence-electron chi connectivity index (χ2n) is 9.10. The molecule has 2 N–H and O–H groups in total. The fourth-order valence-corrected chi connectivity index (χ4v) is 5.09. The number of thioether (sulfide) groups is 1. The summed E-state index contributed by atoms with van der Waals surface area (Å²) in [4.78, 5) is 26.9. The Bertz CT molecular complexity index is 907. The maximum Gasteiger partial charge on any atom is 0.234 e. The predicted molar refractivity (Wildman–Crippen MR) is 134 cm³/mol. The highest BCUT2D eigenvalue weighted by molar-refractivity contribution is 8.00. The van der Waals surface area contributed by atoms with Crippen molar-refractivity contribution in [3.63, 3.8) is 0 Å². The summed E-state index contributed by atoms with van der Waals surface area (Å²) >= 11 is 1.33. The largest absolute Gasteiger partial charge is 0.351 e. The number of nitrogens with zero attached hydrogens (tertiary/aromatic N) is 1. The van der Waals surface area contributed by atoms with Crippen molar-refractivity contribution in [1.29, 1.82) is 0 Å². The third kappa shape index (κ3) is 7.99. The first-order valence-corrected chi connectivity index (χ1v) is 12.5. The molecule has 5 nitrogen and oxygen atoms in total. The Morgan fingerprint density at radius 3 is 2.38 bits per heavy atom. The van der Waals surface area contributed by atoms with Crippen molar-refractivity contribution in [3.05, 3.63) is 65.2 Å². The monoisotopic (exact) mass is 453 g/mol. The van der Waals surface area contributed by atoms with Gasteiger partial charge in [-0.15, -0.1) is 11.8 Å². The molecule has 1 aliphatic heterocycles. The van der Waals surface area contributed by atoms with Gasteiger partial charge >= 0.3 is 0 Å². The van der Waals surface area contributed by atoms with E-state index < -0.39 is 0 Å². The van der Waals surface area contributed by atoms with E-state index >= 15 is 0 Å². The van der Waals surface area contributed by atoms with Gasteiger partial charge in [0.25, 0.3) is 0 Å². The molecule has 0 radical (unpaired) electrons. The van der Waals surface area contributed by atoms with Gasteiger partial charge in [0.2, 0.25) is 11.8 Å². The molecule has 3 rings (SSSR count). The molecule has 1 saturated heterocycles. The normalized spacial score (nSPS) is 18.8. The van der Waals surface area contributed by atoms with Crippen LogP contribution in [0.2, 0.25) is 0 Å². The molecule has 172 valence electrons. The second kappa shape index (κ2) is 12.1. The van der Waals surface area contributed by atoms with Gasteiger partial charge in [-0.2, -0.15) is 0 Å². The zero-order valence-electron chi connectivity index (χ0n) is 19.4. The van der Waals surface area contributed by atoms with Gasteiger partial charge in [0.05, 0.1) is 11.5 Å². The molecule has 0 spiro atoms. The van der Waals surface area contributed by atoms with Crippen LogP contribution >= 0.6 is 11.8 Å². The van der Waals surface area contributed by atoms with Crippen LogP contribution in [0.5, 0.6) is 0 Å². The summed E-state index contributed by atoms with van der Waals surface area (Å²) in [7, 11) is 0. The van der Waals surface area contributed by atoms with Crippen molar-refractivity contribution >= 4 is 29.3 Å². The number of carbonyl (C=O) groups excluding carboxylic acids is 2. The topological polar surface area (TPSA) is 61.4 Å². The first kappa shape index (κ1) is 24.3. The number of piperidine rings is 1. The molecule has 2 atom stereocenters. The highest BCUT2D eigenvalue weighted by atomic mass is 32.2. The molecular weight excluding hydrogens is 418 g/mol. The lowest BCUT2D eigenvalue weighted by molar-refractivity contribution is -0.118. The fourth-order valence-electron chi connectivity index (χ4n) is 4.45. The average Bonchev–Trinajstić information content (AvgIpc) is 2.72. The summed E-state index contributed by atoms with van der Waals surface area (Å²) in [6.07, 6.45) is 1.30. The van der Waals surface area contributed by atoms with Gasteiger partial charge in [0.15, 0.2) is 0 Å². The third-order valence-corrected chi connectivity index (χ3v) is 6.63. The van der Waals surface area contributed by atoms with Crippen LogP contribution in [-0.2, 0) is 22.7 Å². The van der Waals surface area contributed by atoms with Crippen molar-refractivity contribution in [1.82, 2.24) is 10.2 Å². The quantitative estimate of drug-likeness (QED) is 0.588. The zero-order chi connectivity index (χ0) is 22.9. The molecule has 2 amide bonds. The van der Waals surface area contributed by atoms with Crippen LogP contribution in [0.15, 0.2) is 48.5 Å². The molecule has 0 aliphatic carbocycles. The Labute approximate surface area is 196 Å². The zero-order valence-corrected chi connectivity index (χ0v) is 20.2. The highest BCUT2D eigenvalue weighted by Gasteiger charge is 2.22. The lowest BCUT2D eigenvalue weighted by Crippen LogP contribution is -2.38. The van der Waals surface area contributed by atoms with Crippen LogP contribution in [0.4, 0.5) is 5.69 Å². The van der Waals surface area contributed by atoms with Crippen molar-refractivity contribution in [3.8, 4) is 0 Å². The molecule has 0 bridgehead atoms. The molecule has 1 aliphatic rings. The van der Waals surface area contributed by atoms with Crippen LogP contribution < -0.4 is 10.6 Å². The number of benzene rings is 2. The molecule has 0 aromatic heterocycles. The lowest BCUT2D eigenvalue weighted by Gasteiger charge is -2.35. The first-order valence-electron chi connectivity index (χ1n) is 11.4. The summed E-state index contributed by atoms with van der Waals surface area (Å²) < 4.78 is 0. The SMILES string of the molecule is Cc1cccc(NC(=O)CSCC(=O)NCc2ccccc2CN2CC(C)CC(C)C2)c1. The van der Waals surface area contributed by atoms with Crippen LogP contribution in [0, 0.1) is 18.8 Å². The van der Waals surface area contributed by atoms with Gasteiger partial charge in [-0.25, -0.2) is 0 Å². The van der Waals surface area contributed by atoms with Crippen molar-refractivity contribution in [2.75, 3.05) is 29.9 Å². The number of carbonyl (C=O) groups is 2. The molecule has 0 saturated carbocycles. The van der Waals surface area contributed by atoms with Gasteiger partial charge in [-0.05, 0) is 54.0 Å². The highest BCUT2D eigenvalue weighted by Crippen LogP contribution is 2.23. The van der Waals surface area contributed by atoms with E-state index in [1.807, 2.05) is 37.3 Å². The average molecular weight is 454 g/mol. The molecule has 2 aromatic carbocycles. The number of nitrogens with one attached hydrogen (secondary N) is 2. The van der Waals surface area contributed by atoms with E-state index in [0.717, 1.165) is 48.3 Å². The number of amides is 2. The lowest BCUT2D eigenvalue weighted by atomic mass is 9.91. The Balaban J connectivity index is 1.41. The number of aryl methyl sites for hydroxylation is 1. The minimum absolute atomic E-state index is 0.0478. The van der Waals surface area contributed by atoms with E-state index in [2.05, 4.69) is 47.6 Å². The van der Waals surface area contributed by atoms with E-state index in [0.29, 0.717) is 6.54 Å². The van der Waals surface area contributed by atoms with Gasteiger partial charge in [0, 0.05) is 31.9 Å². The number of hydrogen-bond acceptors (Lipinski definition) is 4. The van der Waals surface area contributed by atoms with Crippen LogP contribution in [0.3, 0.4) is 0 Å². The molecule has 32 heavy (non-hydrogen) atoms. The summed E-state index contributed by atoms with van der Waals surface area (Å²) in [6.45, 7) is 10.3. The van der Waals surface area contributed by atoms with Crippen LogP contribution in [-0.4, -0.2) is 41.3 Å². The van der Waals surface area contributed by atoms with Gasteiger partial charge < -0.3 is 10.6 Å². The Kier molecular flexibility index (Phi) is 9.18. The van der Waals surface area contributed by atoms with Crippen LogP contribution in [0.1, 0.15) is 37.0 Å². The first-order chi connectivity index (χ1) is 15.4. The third-order valence-electron chi connectivity index (χ3n) is 5.70. The van der Waals surface area contributed by atoms with E-state index in [1.165, 1.54) is 23.7 Å². The molecule has 2 unspecified atom stereocenters. The Morgan fingerprint density at radius 2 is 1.66 bits per heavy atom. The predicted octanol–water partition coefficient (Wildman–Crippen LogP) is 4.46. The van der Waals surface area contributed by atoms with Gasteiger partial charge in [-0.1, -0.05) is 50.2 Å². The fraction of sp³-hybridized carbons (Fsp3) is 0.462. The molecule has 1 heterocycles. The molecular formula is C26H35N3O2S. The van der Waals surface area contributed by atoms with Crippen molar-refractivity contribution in [2.24, 2.45) is 11.8 Å². The van der Waals surface area contributed by atoms with Crippen LogP contribution in [0.25, 0.3) is 0 Å². The van der Waals surface area contributed by atoms with Gasteiger partial charge in [-0.3, -0.25) is 14.5 Å². The summed E-state index contributed by atoms with van der Waals surface area (Å²) in [6, 6.07) is 16.0. The van der Waals surface area contributed by atoms with Crippen molar-refractivity contribution in [2.45, 2.75) is 40.3 Å². The number of hydrogen-bond donors (Lipinski definition) is 2. The standard InChI is InChI=1S/C26H35N3O2S/c1-19-7-6-10-24(12-19)28-26(31)18-32-17-25(30)27-13-22-8-4-5-9-23(22)16-29-14-20(2)11-21(3)15-29/h4-10,12,20-21H,11,13-18H2,1-3H3,(H,27,30)(H,28,31). The molecule has 6 heteroatoms. The van der Waals surface area contributed by atoms with E-state index in [4.69, 9.17) is 0 Å². The Morgan fingerprint density at radius 1 is 0.969 bits per heavy atom. The summed E-state index contributed by atoms with van der Waals surface area (Å²) in [5.74, 6) is 1.84. The summed E-state index contributed by atoms with van der Waals surface area (Å²) in [5.41, 5.74) is 4.32. The molecule has 1 fully saturated rings. The molecule has 2 aromatic rings. The maximum atomic E-state index is 12.3. The number of anilines is 1. The number of rotatable bonds is 9. The minimum Gasteiger partial charge on any atom is -0.351 e. The van der Waals surface area contributed by atoms with Gasteiger partial charge in [0.1, 0.15) is 0 Å². The second-order valence-corrected chi connectivity index (χ2v) is 10.1. The number of likely N-dealkylation sites (tertiary alicyclic amines) is 1. The summed E-state index contributed by atoms with van der Waals surface area (Å²) in [5, 5.41) is 5.89. The Hall–Kier alpha value is -2.31. The minimum atomic E-state index is -0.0938. The van der Waals surface area contributed by atoms with E-state index in [9.17, 15) is 9.59 Å². The smallest absolute Gasteiger partial charge is 0.234 e. The van der Waals surface area contributed by atoms with E-state index in [1.54, 1.807) is 0 Å². The maximum absolute atomic E-state index is 12.3. The van der Waals surface area contributed by atoms with Crippen molar-refractivity contribution < 1.29 is 9.59 Å².